The largest absolute Gasteiger partial charge is 0.497 e. The minimum atomic E-state index is -0.255. The van der Waals surface area contributed by atoms with Crippen molar-refractivity contribution in [3.63, 3.8) is 0 Å². The second kappa shape index (κ2) is 12.4. The van der Waals surface area contributed by atoms with Gasteiger partial charge in [0.1, 0.15) is 12.3 Å². The van der Waals surface area contributed by atoms with Crippen LogP contribution in [0.3, 0.4) is 0 Å². The van der Waals surface area contributed by atoms with E-state index in [4.69, 9.17) is 21.1 Å². The molecule has 0 unspecified atom stereocenters. The molecule has 0 spiro atoms. The molecule has 2 aliphatic rings. The lowest BCUT2D eigenvalue weighted by Gasteiger charge is -2.36. The van der Waals surface area contributed by atoms with Crippen LogP contribution in [-0.2, 0) is 9.53 Å². The molecule has 0 N–H and O–H groups in total. The van der Waals surface area contributed by atoms with Gasteiger partial charge in [-0.15, -0.1) is 10.2 Å². The van der Waals surface area contributed by atoms with Crippen LogP contribution in [0.25, 0.3) is 11.3 Å². The molecule has 2 amide bonds. The van der Waals surface area contributed by atoms with E-state index in [0.29, 0.717) is 49.9 Å². The molecule has 2 aromatic carbocycles. The molecule has 3 aromatic rings. The number of nitrogens with zero attached hydrogens (tertiary/aromatic N) is 5. The third-order valence-corrected chi connectivity index (χ3v) is 7.47. The summed E-state index contributed by atoms with van der Waals surface area (Å²) >= 11 is 6.30. The number of hydrogen-bond donors (Lipinski definition) is 0. The summed E-state index contributed by atoms with van der Waals surface area (Å²) in [4.78, 5) is 32.2. The Morgan fingerprint density at radius 1 is 1.05 bits per heavy atom. The number of rotatable bonds is 8. The van der Waals surface area contributed by atoms with Crippen LogP contribution in [-0.4, -0.2) is 90.9 Å². The van der Waals surface area contributed by atoms with Crippen molar-refractivity contribution in [1.82, 2.24) is 20.0 Å². The molecule has 1 aromatic heterocycles. The van der Waals surface area contributed by atoms with Crippen molar-refractivity contribution in [1.29, 1.82) is 0 Å². The van der Waals surface area contributed by atoms with Crippen molar-refractivity contribution in [3.05, 3.63) is 71.2 Å². The monoisotopic (exact) mass is 549 g/mol. The fourth-order valence-electron chi connectivity index (χ4n) is 4.94. The fourth-order valence-corrected chi connectivity index (χ4v) is 5.15. The van der Waals surface area contributed by atoms with Gasteiger partial charge in [0.25, 0.3) is 5.91 Å². The highest BCUT2D eigenvalue weighted by Crippen LogP contribution is 2.24. The highest BCUT2D eigenvalue weighted by Gasteiger charge is 2.29. The van der Waals surface area contributed by atoms with Crippen LogP contribution < -0.4 is 9.64 Å². The molecule has 0 radical (unpaired) electrons. The lowest BCUT2D eigenvalue weighted by atomic mass is 10.1. The van der Waals surface area contributed by atoms with Crippen molar-refractivity contribution < 1.29 is 19.1 Å². The summed E-state index contributed by atoms with van der Waals surface area (Å²) in [5.74, 6) is 1.19. The summed E-state index contributed by atoms with van der Waals surface area (Å²) in [5.41, 5.74) is 2.09. The Morgan fingerprint density at radius 3 is 2.56 bits per heavy atom. The lowest BCUT2D eigenvalue weighted by Crippen LogP contribution is -2.52. The van der Waals surface area contributed by atoms with E-state index in [0.717, 1.165) is 35.7 Å². The van der Waals surface area contributed by atoms with Crippen molar-refractivity contribution in [2.24, 2.45) is 0 Å². The summed E-state index contributed by atoms with van der Waals surface area (Å²) in [6, 6.07) is 18.5. The molecule has 3 heterocycles. The summed E-state index contributed by atoms with van der Waals surface area (Å²) in [7, 11) is 1.64. The van der Waals surface area contributed by atoms with Crippen LogP contribution in [0.2, 0.25) is 5.02 Å². The number of benzene rings is 2. The Bertz CT molecular complexity index is 1290. The number of carbonyl (C=O) groups is 2. The summed E-state index contributed by atoms with van der Waals surface area (Å²) < 4.78 is 11.1. The van der Waals surface area contributed by atoms with E-state index in [1.165, 1.54) is 0 Å². The van der Waals surface area contributed by atoms with Gasteiger partial charge in [-0.25, -0.2) is 0 Å². The van der Waals surface area contributed by atoms with Gasteiger partial charge in [0.15, 0.2) is 5.82 Å². The van der Waals surface area contributed by atoms with Crippen LogP contribution in [0, 0.1) is 0 Å². The van der Waals surface area contributed by atoms with Crippen molar-refractivity contribution in [2.45, 2.75) is 18.9 Å². The maximum absolute atomic E-state index is 13.4. The van der Waals surface area contributed by atoms with E-state index < -0.39 is 0 Å². The first-order chi connectivity index (χ1) is 19.0. The zero-order valence-corrected chi connectivity index (χ0v) is 22.7. The SMILES string of the molecule is COc1cccc(-c2ccc(N3CCN(C(=O)CN(C[C@H]4CCCO4)C(=O)c4ccccc4Cl)CC3)nn2)c1. The van der Waals surface area contributed by atoms with Crippen LogP contribution in [0.4, 0.5) is 5.82 Å². The van der Waals surface area contributed by atoms with Crippen LogP contribution >= 0.6 is 11.6 Å². The molecule has 2 saturated heterocycles. The second-order valence-corrected chi connectivity index (χ2v) is 10.1. The maximum atomic E-state index is 13.4. The van der Waals surface area contributed by atoms with E-state index in [9.17, 15) is 9.59 Å². The zero-order chi connectivity index (χ0) is 27.2. The predicted molar refractivity (Wildman–Crippen MR) is 149 cm³/mol. The number of carbonyl (C=O) groups excluding carboxylic acids is 2. The van der Waals surface area contributed by atoms with Gasteiger partial charge in [-0.3, -0.25) is 9.59 Å². The van der Waals surface area contributed by atoms with E-state index in [-0.39, 0.29) is 24.5 Å². The van der Waals surface area contributed by atoms with E-state index in [2.05, 4.69) is 15.1 Å². The second-order valence-electron chi connectivity index (χ2n) is 9.68. The molecule has 0 bridgehead atoms. The number of anilines is 1. The molecule has 10 heteroatoms. The average Bonchev–Trinajstić information content (AvgIpc) is 3.50. The Labute approximate surface area is 233 Å². The first kappa shape index (κ1) is 26.9. The number of ether oxygens (including phenoxy) is 2. The number of aromatic nitrogens is 2. The molecule has 1 atom stereocenters. The Balaban J connectivity index is 1.20. The van der Waals surface area contributed by atoms with Gasteiger partial charge >= 0.3 is 0 Å². The zero-order valence-electron chi connectivity index (χ0n) is 22.0. The molecule has 5 rings (SSSR count). The first-order valence-corrected chi connectivity index (χ1v) is 13.6. The highest BCUT2D eigenvalue weighted by molar-refractivity contribution is 6.33. The predicted octanol–water partition coefficient (Wildman–Crippen LogP) is 3.78. The van der Waals surface area contributed by atoms with E-state index in [1.54, 1.807) is 41.2 Å². The molecular formula is C29H32ClN5O4. The Hall–Kier alpha value is -3.69. The van der Waals surface area contributed by atoms with Gasteiger partial charge in [-0.1, -0.05) is 35.9 Å². The number of halogens is 1. The van der Waals surface area contributed by atoms with Gasteiger partial charge in [-0.2, -0.15) is 0 Å². The lowest BCUT2D eigenvalue weighted by molar-refractivity contribution is -0.132. The Morgan fingerprint density at radius 2 is 1.87 bits per heavy atom. The van der Waals surface area contributed by atoms with Gasteiger partial charge in [0.2, 0.25) is 5.91 Å². The molecule has 2 aliphatic heterocycles. The molecule has 204 valence electrons. The summed E-state index contributed by atoms with van der Waals surface area (Å²) in [5, 5.41) is 9.20. The van der Waals surface area contributed by atoms with Crippen molar-refractivity contribution >= 4 is 29.2 Å². The van der Waals surface area contributed by atoms with Gasteiger partial charge in [-0.05, 0) is 49.2 Å². The molecule has 9 nitrogen and oxygen atoms in total. The minimum Gasteiger partial charge on any atom is -0.497 e. The van der Waals surface area contributed by atoms with Gasteiger partial charge in [0.05, 0.1) is 29.5 Å². The smallest absolute Gasteiger partial charge is 0.255 e. The molecular weight excluding hydrogens is 518 g/mol. The number of piperazine rings is 1. The van der Waals surface area contributed by atoms with Crippen LogP contribution in [0.5, 0.6) is 5.75 Å². The van der Waals surface area contributed by atoms with Gasteiger partial charge in [0, 0.05) is 44.9 Å². The molecule has 0 aliphatic carbocycles. The van der Waals surface area contributed by atoms with Gasteiger partial charge < -0.3 is 24.2 Å². The quantitative estimate of drug-likeness (QED) is 0.422. The van der Waals surface area contributed by atoms with E-state index in [1.807, 2.05) is 36.4 Å². The number of amides is 2. The summed E-state index contributed by atoms with van der Waals surface area (Å²) in [6.07, 6.45) is 1.76. The average molecular weight is 550 g/mol. The molecule has 0 saturated carbocycles. The molecule has 39 heavy (non-hydrogen) atoms. The standard InChI is InChI=1S/C29H32ClN5O4/c1-38-22-7-4-6-21(18-22)26-11-12-27(32-31-26)33-13-15-34(16-14-33)28(36)20-35(19-23-8-5-17-39-23)29(37)24-9-2-3-10-25(24)30/h2-4,6-7,9-12,18,23H,5,8,13-17,19-20H2,1H3/t23-/m1/s1. The number of methoxy groups -OCH3 is 1. The highest BCUT2D eigenvalue weighted by atomic mass is 35.5. The van der Waals surface area contributed by atoms with E-state index >= 15 is 0 Å². The van der Waals surface area contributed by atoms with Crippen molar-refractivity contribution in [2.75, 3.05) is 57.9 Å². The Kier molecular flexibility index (Phi) is 8.58. The fraction of sp³-hybridized carbons (Fsp3) is 0.379. The first-order valence-electron chi connectivity index (χ1n) is 13.2. The normalized spacial score (nSPS) is 17.2. The van der Waals surface area contributed by atoms with Crippen LogP contribution in [0.1, 0.15) is 23.2 Å². The summed E-state index contributed by atoms with van der Waals surface area (Å²) in [6.45, 7) is 3.35. The molecule has 2 fully saturated rings. The topological polar surface area (TPSA) is 88.1 Å². The van der Waals surface area contributed by atoms with Crippen LogP contribution in [0.15, 0.2) is 60.7 Å². The number of hydrogen-bond acceptors (Lipinski definition) is 7. The third-order valence-electron chi connectivity index (χ3n) is 7.14. The van der Waals surface area contributed by atoms with Crippen molar-refractivity contribution in [3.8, 4) is 17.0 Å². The third kappa shape index (κ3) is 6.49. The minimum absolute atomic E-state index is 0.0149. The maximum Gasteiger partial charge on any atom is 0.255 e.